The van der Waals surface area contributed by atoms with Crippen LogP contribution < -0.4 is 11.1 Å². The average molecular weight is 176 g/mol. The minimum absolute atomic E-state index is 0.832. The minimum Gasteiger partial charge on any atom is -0.399 e. The molecule has 2 rings (SSSR count). The second-order valence-corrected chi connectivity index (χ2v) is 3.80. The van der Waals surface area contributed by atoms with Crippen molar-refractivity contribution in [3.8, 4) is 0 Å². The lowest BCUT2D eigenvalue weighted by atomic mass is 9.85. The molecule has 0 heterocycles. The minimum atomic E-state index is 0.832. The quantitative estimate of drug-likeness (QED) is 0.694. The fraction of sp³-hybridized carbons (Fsp3) is 0.455. The predicted molar refractivity (Wildman–Crippen MR) is 56.7 cm³/mol. The van der Waals surface area contributed by atoms with Gasteiger partial charge in [-0.15, -0.1) is 0 Å². The van der Waals surface area contributed by atoms with E-state index in [1.165, 1.54) is 19.3 Å². The van der Waals surface area contributed by atoms with Gasteiger partial charge < -0.3 is 11.1 Å². The highest BCUT2D eigenvalue weighted by molar-refractivity contribution is 5.54. The number of hydrogen-bond donors (Lipinski definition) is 2. The molecule has 0 amide bonds. The molecule has 0 aliphatic heterocycles. The molecule has 13 heavy (non-hydrogen) atoms. The summed E-state index contributed by atoms with van der Waals surface area (Å²) in [5.74, 6) is 0.890. The molecule has 1 aromatic rings. The van der Waals surface area contributed by atoms with Gasteiger partial charge in [0.15, 0.2) is 0 Å². The van der Waals surface area contributed by atoms with Crippen molar-refractivity contribution < 1.29 is 0 Å². The molecular weight excluding hydrogens is 160 g/mol. The summed E-state index contributed by atoms with van der Waals surface area (Å²) in [4.78, 5) is 0. The summed E-state index contributed by atoms with van der Waals surface area (Å²) in [7, 11) is 0. The first-order valence-electron chi connectivity index (χ1n) is 4.94. The van der Waals surface area contributed by atoms with E-state index in [0.29, 0.717) is 0 Å². The second-order valence-electron chi connectivity index (χ2n) is 3.80. The van der Waals surface area contributed by atoms with E-state index >= 15 is 0 Å². The third kappa shape index (κ3) is 2.14. The Morgan fingerprint density at radius 1 is 1.38 bits per heavy atom. The fourth-order valence-corrected chi connectivity index (χ4v) is 1.61. The molecule has 0 saturated heterocycles. The number of rotatable bonds is 3. The van der Waals surface area contributed by atoms with E-state index in [9.17, 15) is 0 Å². The van der Waals surface area contributed by atoms with Gasteiger partial charge in [-0.05, 0) is 37.0 Å². The van der Waals surface area contributed by atoms with Crippen LogP contribution in [0.25, 0.3) is 0 Å². The number of nitrogen functional groups attached to an aromatic ring is 1. The highest BCUT2D eigenvalue weighted by atomic mass is 14.9. The zero-order chi connectivity index (χ0) is 9.10. The second kappa shape index (κ2) is 3.69. The number of nitrogens with two attached hydrogens (primary N) is 1. The van der Waals surface area contributed by atoms with Gasteiger partial charge in [0, 0.05) is 17.9 Å². The summed E-state index contributed by atoms with van der Waals surface area (Å²) in [6, 6.07) is 7.95. The monoisotopic (exact) mass is 176 g/mol. The molecule has 1 aliphatic carbocycles. The first kappa shape index (κ1) is 8.42. The van der Waals surface area contributed by atoms with E-state index in [-0.39, 0.29) is 0 Å². The molecule has 0 aromatic heterocycles. The van der Waals surface area contributed by atoms with Crippen molar-refractivity contribution in [1.82, 2.24) is 0 Å². The maximum absolute atomic E-state index is 5.67. The summed E-state index contributed by atoms with van der Waals surface area (Å²) >= 11 is 0. The van der Waals surface area contributed by atoms with Gasteiger partial charge in [0.25, 0.3) is 0 Å². The number of benzene rings is 1. The van der Waals surface area contributed by atoms with E-state index in [1.807, 2.05) is 18.2 Å². The molecule has 0 radical (unpaired) electrons. The molecule has 3 N–H and O–H groups in total. The van der Waals surface area contributed by atoms with Crippen molar-refractivity contribution in [3.63, 3.8) is 0 Å². The lowest BCUT2D eigenvalue weighted by Crippen LogP contribution is -2.20. The van der Waals surface area contributed by atoms with Crippen LogP contribution in [0, 0.1) is 5.92 Å². The molecule has 0 spiro atoms. The molecule has 1 aliphatic rings. The third-order valence-electron chi connectivity index (χ3n) is 2.71. The lowest BCUT2D eigenvalue weighted by Gasteiger charge is -2.25. The van der Waals surface area contributed by atoms with Gasteiger partial charge in [0.1, 0.15) is 0 Å². The largest absolute Gasteiger partial charge is 0.399 e. The number of nitrogens with one attached hydrogen (secondary N) is 1. The van der Waals surface area contributed by atoms with E-state index in [0.717, 1.165) is 23.8 Å². The maximum atomic E-state index is 5.67. The van der Waals surface area contributed by atoms with Gasteiger partial charge in [-0.25, -0.2) is 0 Å². The molecule has 2 nitrogen and oxygen atoms in total. The Bertz CT molecular complexity index is 279. The van der Waals surface area contributed by atoms with Crippen LogP contribution in [0.5, 0.6) is 0 Å². The Kier molecular flexibility index (Phi) is 2.39. The molecule has 1 saturated carbocycles. The van der Waals surface area contributed by atoms with Crippen LogP contribution in [0.4, 0.5) is 11.4 Å². The van der Waals surface area contributed by atoms with Crippen LogP contribution >= 0.6 is 0 Å². The first-order valence-corrected chi connectivity index (χ1v) is 4.94. The molecule has 0 atom stereocenters. The van der Waals surface area contributed by atoms with Crippen LogP contribution in [0.1, 0.15) is 19.3 Å². The Balaban J connectivity index is 1.86. The van der Waals surface area contributed by atoms with Crippen LogP contribution in [0.15, 0.2) is 24.3 Å². The van der Waals surface area contributed by atoms with Crippen LogP contribution in [-0.2, 0) is 0 Å². The van der Waals surface area contributed by atoms with Crippen LogP contribution in [-0.4, -0.2) is 6.54 Å². The highest BCUT2D eigenvalue weighted by Crippen LogP contribution is 2.26. The van der Waals surface area contributed by atoms with Gasteiger partial charge >= 0.3 is 0 Å². The molecular formula is C11H16N2. The smallest absolute Gasteiger partial charge is 0.0360 e. The normalized spacial score (nSPS) is 16.6. The molecule has 1 fully saturated rings. The number of anilines is 2. The summed E-state index contributed by atoms with van der Waals surface area (Å²) in [6.45, 7) is 1.10. The van der Waals surface area contributed by atoms with Gasteiger partial charge in [-0.3, -0.25) is 0 Å². The lowest BCUT2D eigenvalue weighted by molar-refractivity contribution is 0.333. The summed E-state index contributed by atoms with van der Waals surface area (Å²) in [5.41, 5.74) is 7.65. The van der Waals surface area contributed by atoms with Gasteiger partial charge in [0.2, 0.25) is 0 Å². The Labute approximate surface area is 79.1 Å². The fourth-order valence-electron chi connectivity index (χ4n) is 1.61. The van der Waals surface area contributed by atoms with Crippen LogP contribution in [0.2, 0.25) is 0 Å². The van der Waals surface area contributed by atoms with E-state index < -0.39 is 0 Å². The summed E-state index contributed by atoms with van der Waals surface area (Å²) in [6.07, 6.45) is 4.17. The van der Waals surface area contributed by atoms with E-state index in [4.69, 9.17) is 5.73 Å². The Morgan fingerprint density at radius 3 is 2.85 bits per heavy atom. The summed E-state index contributed by atoms with van der Waals surface area (Å²) < 4.78 is 0. The van der Waals surface area contributed by atoms with Gasteiger partial charge in [-0.1, -0.05) is 12.5 Å². The third-order valence-corrected chi connectivity index (χ3v) is 2.71. The summed E-state index contributed by atoms with van der Waals surface area (Å²) in [5, 5.41) is 3.41. The molecule has 0 bridgehead atoms. The predicted octanol–water partition coefficient (Wildman–Crippen LogP) is 2.48. The van der Waals surface area contributed by atoms with Crippen molar-refractivity contribution in [2.45, 2.75) is 19.3 Å². The zero-order valence-electron chi connectivity index (χ0n) is 7.79. The van der Waals surface area contributed by atoms with Gasteiger partial charge in [-0.2, -0.15) is 0 Å². The zero-order valence-corrected chi connectivity index (χ0v) is 7.79. The van der Waals surface area contributed by atoms with E-state index in [2.05, 4.69) is 11.4 Å². The van der Waals surface area contributed by atoms with E-state index in [1.54, 1.807) is 0 Å². The highest BCUT2D eigenvalue weighted by Gasteiger charge is 2.16. The van der Waals surface area contributed by atoms with Crippen molar-refractivity contribution in [2.24, 2.45) is 5.92 Å². The van der Waals surface area contributed by atoms with Crippen molar-refractivity contribution in [1.29, 1.82) is 0 Å². The SMILES string of the molecule is Nc1cccc(NCC2CCC2)c1. The van der Waals surface area contributed by atoms with Crippen molar-refractivity contribution in [3.05, 3.63) is 24.3 Å². The van der Waals surface area contributed by atoms with Crippen LogP contribution in [0.3, 0.4) is 0 Å². The van der Waals surface area contributed by atoms with Crippen molar-refractivity contribution >= 4 is 11.4 Å². The molecule has 0 unspecified atom stereocenters. The van der Waals surface area contributed by atoms with Gasteiger partial charge in [0.05, 0.1) is 0 Å². The molecule has 1 aromatic carbocycles. The first-order chi connectivity index (χ1) is 6.34. The standard InChI is InChI=1S/C11H16N2/c12-10-5-2-6-11(7-10)13-8-9-3-1-4-9/h2,5-7,9,13H,1,3-4,8,12H2. The Hall–Kier alpha value is -1.18. The van der Waals surface area contributed by atoms with Crippen molar-refractivity contribution in [2.75, 3.05) is 17.6 Å². The topological polar surface area (TPSA) is 38.0 Å². The maximum Gasteiger partial charge on any atom is 0.0360 e. The number of hydrogen-bond acceptors (Lipinski definition) is 2. The molecule has 70 valence electrons. The Morgan fingerprint density at radius 2 is 2.23 bits per heavy atom. The average Bonchev–Trinajstić information content (AvgIpc) is 2.01. The molecule has 2 heteroatoms.